The maximum atomic E-state index is 12.4. The third kappa shape index (κ3) is 4.61. The molecule has 3 aromatic rings. The molecule has 1 unspecified atom stereocenters. The van der Waals surface area contributed by atoms with Gasteiger partial charge in [0.05, 0.1) is 5.25 Å². The van der Waals surface area contributed by atoms with Crippen molar-refractivity contribution >= 4 is 35.0 Å². The second-order valence-corrected chi connectivity index (χ2v) is 7.38. The molecule has 25 heavy (non-hydrogen) atoms. The van der Waals surface area contributed by atoms with Crippen LogP contribution in [-0.4, -0.2) is 26.3 Å². The Hall–Kier alpha value is -2.31. The molecule has 0 bridgehead atoms. The summed E-state index contributed by atoms with van der Waals surface area (Å²) in [4.78, 5) is 17.6. The van der Waals surface area contributed by atoms with E-state index in [1.165, 1.54) is 11.8 Å². The quantitative estimate of drug-likeness (QED) is 0.644. The fraction of sp³-hybridized carbons (Fsp3) is 0.167. The Kier molecular flexibility index (Phi) is 5.40. The molecule has 2 N–H and O–H groups in total. The number of carbonyl (C=O) groups excluding carboxylic acids is 1. The molecule has 0 saturated carbocycles. The van der Waals surface area contributed by atoms with Crippen molar-refractivity contribution in [2.45, 2.75) is 24.0 Å². The van der Waals surface area contributed by atoms with Gasteiger partial charge >= 0.3 is 0 Å². The number of rotatable bonds is 5. The Morgan fingerprint density at radius 3 is 2.44 bits per heavy atom. The fourth-order valence-corrected chi connectivity index (χ4v) is 3.18. The highest BCUT2D eigenvalue weighted by Crippen LogP contribution is 2.26. The SMILES string of the molecule is Cc1nc(-c2ccc(NC(=O)C(C)Sc3ccc(Cl)cc3)cc2)n[nH]1. The molecule has 1 heterocycles. The monoisotopic (exact) mass is 372 g/mol. The minimum Gasteiger partial charge on any atom is -0.325 e. The summed E-state index contributed by atoms with van der Waals surface area (Å²) in [6, 6.07) is 14.9. The largest absolute Gasteiger partial charge is 0.325 e. The van der Waals surface area contributed by atoms with Crippen molar-refractivity contribution in [1.29, 1.82) is 0 Å². The van der Waals surface area contributed by atoms with Gasteiger partial charge in [-0.25, -0.2) is 4.98 Å². The van der Waals surface area contributed by atoms with Gasteiger partial charge in [0.2, 0.25) is 5.91 Å². The minimum atomic E-state index is -0.225. The molecule has 0 radical (unpaired) electrons. The molecule has 1 aromatic heterocycles. The van der Waals surface area contributed by atoms with Crippen LogP contribution in [0, 0.1) is 6.92 Å². The molecule has 3 rings (SSSR count). The molecular weight excluding hydrogens is 356 g/mol. The van der Waals surface area contributed by atoms with E-state index in [2.05, 4.69) is 20.5 Å². The Labute approximate surface area is 155 Å². The van der Waals surface area contributed by atoms with Crippen molar-refractivity contribution in [3.63, 3.8) is 0 Å². The van der Waals surface area contributed by atoms with E-state index in [9.17, 15) is 4.79 Å². The molecule has 1 amide bonds. The number of aromatic nitrogens is 3. The maximum Gasteiger partial charge on any atom is 0.237 e. The van der Waals surface area contributed by atoms with Crippen LogP contribution in [0.2, 0.25) is 5.02 Å². The number of thioether (sulfide) groups is 1. The lowest BCUT2D eigenvalue weighted by Gasteiger charge is -2.12. The summed E-state index contributed by atoms with van der Waals surface area (Å²) in [5.74, 6) is 1.35. The molecule has 0 fully saturated rings. The van der Waals surface area contributed by atoms with Crippen molar-refractivity contribution in [2.75, 3.05) is 5.32 Å². The first-order valence-electron chi connectivity index (χ1n) is 7.74. The van der Waals surface area contributed by atoms with Gasteiger partial charge in [-0.3, -0.25) is 9.89 Å². The second-order valence-electron chi connectivity index (χ2n) is 5.53. The molecule has 0 aliphatic rings. The van der Waals surface area contributed by atoms with Gasteiger partial charge in [0.15, 0.2) is 5.82 Å². The number of aromatic amines is 1. The number of hydrogen-bond acceptors (Lipinski definition) is 4. The number of H-pyrrole nitrogens is 1. The fourth-order valence-electron chi connectivity index (χ4n) is 2.19. The standard InChI is InChI=1S/C18H17ClN4OS/c1-11(25-16-9-5-14(19)6-10-16)18(24)21-15-7-3-13(4-8-15)17-20-12(2)22-23-17/h3-11H,1-2H3,(H,21,24)(H,20,22,23). The highest BCUT2D eigenvalue weighted by Gasteiger charge is 2.15. The lowest BCUT2D eigenvalue weighted by molar-refractivity contribution is -0.115. The van der Waals surface area contributed by atoms with Gasteiger partial charge in [0.1, 0.15) is 5.82 Å². The predicted molar refractivity (Wildman–Crippen MR) is 102 cm³/mol. The van der Waals surface area contributed by atoms with E-state index in [0.717, 1.165) is 22.0 Å². The number of benzene rings is 2. The first kappa shape index (κ1) is 17.5. The molecular formula is C18H17ClN4OS. The Morgan fingerprint density at radius 2 is 1.84 bits per heavy atom. The molecule has 0 aliphatic carbocycles. The Bertz CT molecular complexity index is 862. The summed E-state index contributed by atoms with van der Waals surface area (Å²) in [5, 5.41) is 10.3. The maximum absolute atomic E-state index is 12.4. The van der Waals surface area contributed by atoms with E-state index in [-0.39, 0.29) is 11.2 Å². The Balaban J connectivity index is 1.61. The first-order chi connectivity index (χ1) is 12.0. The number of amides is 1. The zero-order valence-electron chi connectivity index (χ0n) is 13.8. The van der Waals surface area contributed by atoms with E-state index in [4.69, 9.17) is 11.6 Å². The molecule has 0 spiro atoms. The molecule has 7 heteroatoms. The average Bonchev–Trinajstić information content (AvgIpc) is 3.04. The van der Waals surface area contributed by atoms with Crippen LogP contribution in [0.25, 0.3) is 11.4 Å². The molecule has 5 nitrogen and oxygen atoms in total. The molecule has 0 aliphatic heterocycles. The number of hydrogen-bond donors (Lipinski definition) is 2. The summed E-state index contributed by atoms with van der Waals surface area (Å²) < 4.78 is 0. The minimum absolute atomic E-state index is 0.0542. The van der Waals surface area contributed by atoms with E-state index in [0.29, 0.717) is 10.8 Å². The van der Waals surface area contributed by atoms with E-state index < -0.39 is 0 Å². The lowest BCUT2D eigenvalue weighted by atomic mass is 10.2. The van der Waals surface area contributed by atoms with Gasteiger partial charge in [-0.05, 0) is 62.4 Å². The summed E-state index contributed by atoms with van der Waals surface area (Å²) >= 11 is 7.36. The molecule has 0 saturated heterocycles. The van der Waals surface area contributed by atoms with Crippen LogP contribution in [0.15, 0.2) is 53.4 Å². The normalized spacial score (nSPS) is 12.0. The first-order valence-corrected chi connectivity index (χ1v) is 8.99. The van der Waals surface area contributed by atoms with Crippen molar-refractivity contribution in [3.05, 3.63) is 59.4 Å². The zero-order valence-corrected chi connectivity index (χ0v) is 15.4. The van der Waals surface area contributed by atoms with Crippen LogP contribution in [0.3, 0.4) is 0 Å². The van der Waals surface area contributed by atoms with Crippen molar-refractivity contribution in [1.82, 2.24) is 15.2 Å². The van der Waals surface area contributed by atoms with E-state index in [1.54, 1.807) is 0 Å². The number of anilines is 1. The highest BCUT2D eigenvalue weighted by atomic mass is 35.5. The van der Waals surface area contributed by atoms with Gasteiger partial charge in [0.25, 0.3) is 0 Å². The van der Waals surface area contributed by atoms with Crippen LogP contribution < -0.4 is 5.32 Å². The molecule has 1 atom stereocenters. The van der Waals surface area contributed by atoms with Crippen molar-refractivity contribution in [2.24, 2.45) is 0 Å². The van der Waals surface area contributed by atoms with Crippen molar-refractivity contribution in [3.8, 4) is 11.4 Å². The van der Waals surface area contributed by atoms with Crippen LogP contribution in [0.4, 0.5) is 5.69 Å². The summed E-state index contributed by atoms with van der Waals surface area (Å²) in [5.41, 5.74) is 1.63. The van der Waals surface area contributed by atoms with Gasteiger partial charge in [0, 0.05) is 21.2 Å². The summed E-state index contributed by atoms with van der Waals surface area (Å²) in [6.45, 7) is 3.73. The van der Waals surface area contributed by atoms with Gasteiger partial charge in [-0.15, -0.1) is 11.8 Å². The number of aryl methyl sites for hydroxylation is 1. The lowest BCUT2D eigenvalue weighted by Crippen LogP contribution is -2.22. The molecule has 2 aromatic carbocycles. The van der Waals surface area contributed by atoms with E-state index in [1.807, 2.05) is 62.4 Å². The summed E-state index contributed by atoms with van der Waals surface area (Å²) in [7, 11) is 0. The number of halogens is 1. The van der Waals surface area contributed by atoms with E-state index >= 15 is 0 Å². The van der Waals surface area contributed by atoms with Crippen LogP contribution in [0.5, 0.6) is 0 Å². The predicted octanol–water partition coefficient (Wildman–Crippen LogP) is 4.55. The second kappa shape index (κ2) is 7.72. The Morgan fingerprint density at radius 1 is 1.16 bits per heavy atom. The van der Waals surface area contributed by atoms with Crippen LogP contribution >= 0.6 is 23.4 Å². The van der Waals surface area contributed by atoms with Crippen LogP contribution in [0.1, 0.15) is 12.7 Å². The third-order valence-electron chi connectivity index (χ3n) is 3.50. The zero-order chi connectivity index (χ0) is 17.8. The average molecular weight is 373 g/mol. The summed E-state index contributed by atoms with van der Waals surface area (Å²) in [6.07, 6.45) is 0. The molecule has 128 valence electrons. The van der Waals surface area contributed by atoms with Gasteiger partial charge in [-0.2, -0.15) is 5.10 Å². The van der Waals surface area contributed by atoms with Gasteiger partial charge in [-0.1, -0.05) is 11.6 Å². The van der Waals surface area contributed by atoms with Gasteiger partial charge < -0.3 is 5.32 Å². The van der Waals surface area contributed by atoms with Crippen LogP contribution in [-0.2, 0) is 4.79 Å². The third-order valence-corrected chi connectivity index (χ3v) is 4.87. The highest BCUT2D eigenvalue weighted by molar-refractivity contribution is 8.00. The van der Waals surface area contributed by atoms with Crippen molar-refractivity contribution < 1.29 is 4.79 Å². The smallest absolute Gasteiger partial charge is 0.237 e. The number of nitrogens with zero attached hydrogens (tertiary/aromatic N) is 2. The number of nitrogens with one attached hydrogen (secondary N) is 2. The topological polar surface area (TPSA) is 70.7 Å². The number of carbonyl (C=O) groups is 1.